The van der Waals surface area contributed by atoms with E-state index in [1.54, 1.807) is 0 Å². The molecule has 0 radical (unpaired) electrons. The molecule has 27 heavy (non-hydrogen) atoms. The van der Waals surface area contributed by atoms with Crippen molar-refractivity contribution in [1.82, 2.24) is 15.3 Å². The van der Waals surface area contributed by atoms with Crippen molar-refractivity contribution in [2.24, 2.45) is 0 Å². The van der Waals surface area contributed by atoms with Crippen molar-refractivity contribution < 1.29 is 14.0 Å². The van der Waals surface area contributed by atoms with Gasteiger partial charge in [0.2, 0.25) is 11.8 Å². The Bertz CT molecular complexity index is 928. The van der Waals surface area contributed by atoms with Crippen molar-refractivity contribution in [3.8, 4) is 0 Å². The van der Waals surface area contributed by atoms with E-state index in [4.69, 9.17) is 0 Å². The Hall–Kier alpha value is -2.83. The van der Waals surface area contributed by atoms with Gasteiger partial charge in [0.15, 0.2) is 0 Å². The summed E-state index contributed by atoms with van der Waals surface area (Å²) in [5, 5.41) is 5.53. The predicted octanol–water partition coefficient (Wildman–Crippen LogP) is 2.20. The highest BCUT2D eigenvalue weighted by atomic mass is 19.1. The summed E-state index contributed by atoms with van der Waals surface area (Å²) >= 11 is 0. The first-order chi connectivity index (χ1) is 13.0. The van der Waals surface area contributed by atoms with Crippen molar-refractivity contribution in [2.45, 2.75) is 44.9 Å². The predicted molar refractivity (Wildman–Crippen MR) is 97.9 cm³/mol. The molecule has 2 amide bonds. The van der Waals surface area contributed by atoms with Crippen LogP contribution < -0.4 is 10.6 Å². The third-order valence-corrected chi connectivity index (χ3v) is 5.20. The van der Waals surface area contributed by atoms with Crippen LogP contribution in [0.1, 0.15) is 47.1 Å². The molecule has 1 aromatic heterocycles. The normalized spacial score (nSPS) is 17.9. The maximum absolute atomic E-state index is 13.6. The number of rotatable bonds is 4. The Morgan fingerprint density at radius 2 is 2.19 bits per heavy atom. The van der Waals surface area contributed by atoms with Gasteiger partial charge >= 0.3 is 0 Å². The fraction of sp³-hybridized carbons (Fsp3) is 0.400. The molecule has 1 aliphatic heterocycles. The zero-order valence-corrected chi connectivity index (χ0v) is 15.1. The summed E-state index contributed by atoms with van der Waals surface area (Å²) in [6, 6.07) is 4.07. The lowest BCUT2D eigenvalue weighted by atomic mass is 9.89. The Morgan fingerprint density at radius 3 is 3.04 bits per heavy atom. The van der Waals surface area contributed by atoms with E-state index in [1.165, 1.54) is 23.8 Å². The van der Waals surface area contributed by atoms with Crippen molar-refractivity contribution in [1.29, 1.82) is 0 Å². The lowest BCUT2D eigenvalue weighted by Gasteiger charge is -2.24. The lowest BCUT2D eigenvalue weighted by Crippen LogP contribution is -2.36. The van der Waals surface area contributed by atoms with Gasteiger partial charge in [-0.2, -0.15) is 0 Å². The number of aromatic nitrogens is 2. The molecule has 2 heterocycles. The van der Waals surface area contributed by atoms with Crippen LogP contribution in [0.3, 0.4) is 0 Å². The monoisotopic (exact) mass is 368 g/mol. The maximum atomic E-state index is 13.6. The number of carbonyl (C=O) groups excluding carboxylic acids is 2. The smallest absolute Gasteiger partial charge is 0.228 e. The number of aryl methyl sites for hydroxylation is 2. The number of halogens is 1. The van der Waals surface area contributed by atoms with Crippen LogP contribution in [-0.2, 0) is 28.9 Å². The number of fused-ring (bicyclic) bond motifs is 2. The van der Waals surface area contributed by atoms with Crippen LogP contribution >= 0.6 is 0 Å². The summed E-state index contributed by atoms with van der Waals surface area (Å²) in [7, 11) is 0. The van der Waals surface area contributed by atoms with Crippen molar-refractivity contribution in [3.05, 3.63) is 52.4 Å². The Kier molecular flexibility index (Phi) is 4.59. The van der Waals surface area contributed by atoms with E-state index in [9.17, 15) is 14.0 Å². The molecule has 0 saturated heterocycles. The van der Waals surface area contributed by atoms with Gasteiger partial charge in [-0.05, 0) is 55.5 Å². The van der Waals surface area contributed by atoms with E-state index in [0.717, 1.165) is 36.5 Å². The number of hydrogen-bond acceptors (Lipinski definition) is 4. The summed E-state index contributed by atoms with van der Waals surface area (Å²) in [6.07, 6.45) is 3.67. The number of hydrogen-bond donors (Lipinski definition) is 2. The standard InChI is InChI=1S/C20H21FN4O2/c1-11-13-3-2-4-16(13)24-18(23-11)7-8-22-20(27)15-10-19(26)25-17-6-5-12(21)9-14(15)17/h5-6,9,15H,2-4,7-8,10H2,1H3,(H,22,27)(H,25,26). The van der Waals surface area contributed by atoms with Gasteiger partial charge in [0.25, 0.3) is 0 Å². The highest BCUT2D eigenvalue weighted by molar-refractivity contribution is 6.01. The van der Waals surface area contributed by atoms with Crippen LogP contribution in [0.5, 0.6) is 0 Å². The number of nitrogens with zero attached hydrogens (tertiary/aromatic N) is 2. The first-order valence-electron chi connectivity index (χ1n) is 9.23. The van der Waals surface area contributed by atoms with Gasteiger partial charge in [-0.15, -0.1) is 0 Å². The highest BCUT2D eigenvalue weighted by Gasteiger charge is 2.31. The van der Waals surface area contributed by atoms with E-state index in [2.05, 4.69) is 20.6 Å². The maximum Gasteiger partial charge on any atom is 0.228 e. The SMILES string of the molecule is Cc1nc(CCNC(=O)C2CC(=O)Nc3ccc(F)cc32)nc2c1CCC2. The molecule has 0 bridgehead atoms. The zero-order chi connectivity index (χ0) is 19.0. The van der Waals surface area contributed by atoms with Crippen LogP contribution in [0.2, 0.25) is 0 Å². The van der Waals surface area contributed by atoms with Gasteiger partial charge in [-0.25, -0.2) is 14.4 Å². The number of anilines is 1. The van der Waals surface area contributed by atoms with Crippen LogP contribution in [0, 0.1) is 12.7 Å². The molecule has 0 saturated carbocycles. The summed E-state index contributed by atoms with van der Waals surface area (Å²) in [5.74, 6) is -0.917. The first kappa shape index (κ1) is 17.6. The molecule has 1 aromatic carbocycles. The number of benzene rings is 1. The molecule has 2 N–H and O–H groups in total. The fourth-order valence-electron chi connectivity index (χ4n) is 3.88. The molecule has 0 spiro atoms. The second-order valence-electron chi connectivity index (χ2n) is 7.08. The Balaban J connectivity index is 1.42. The van der Waals surface area contributed by atoms with E-state index < -0.39 is 11.7 Å². The molecule has 7 heteroatoms. The van der Waals surface area contributed by atoms with E-state index in [1.807, 2.05) is 6.92 Å². The van der Waals surface area contributed by atoms with Crippen LogP contribution in [0.25, 0.3) is 0 Å². The van der Waals surface area contributed by atoms with Gasteiger partial charge in [0.05, 0.1) is 5.92 Å². The second-order valence-corrected chi connectivity index (χ2v) is 7.08. The van der Waals surface area contributed by atoms with Crippen LogP contribution in [0.15, 0.2) is 18.2 Å². The van der Waals surface area contributed by atoms with E-state index >= 15 is 0 Å². The largest absolute Gasteiger partial charge is 0.355 e. The average molecular weight is 368 g/mol. The summed E-state index contributed by atoms with van der Waals surface area (Å²) in [5.41, 5.74) is 4.40. The van der Waals surface area contributed by atoms with Crippen LogP contribution in [-0.4, -0.2) is 28.3 Å². The minimum Gasteiger partial charge on any atom is -0.355 e. The van der Waals surface area contributed by atoms with Gasteiger partial charge < -0.3 is 10.6 Å². The molecule has 1 unspecified atom stereocenters. The minimum absolute atomic E-state index is 0.0107. The summed E-state index contributed by atoms with van der Waals surface area (Å²) < 4.78 is 13.6. The van der Waals surface area contributed by atoms with Gasteiger partial charge in [-0.3, -0.25) is 9.59 Å². The average Bonchev–Trinajstić information content (AvgIpc) is 3.10. The Labute approximate surface area is 156 Å². The molecule has 1 aliphatic carbocycles. The summed E-state index contributed by atoms with van der Waals surface area (Å²) in [4.78, 5) is 33.6. The summed E-state index contributed by atoms with van der Waals surface area (Å²) in [6.45, 7) is 2.37. The van der Waals surface area contributed by atoms with Gasteiger partial charge in [-0.1, -0.05) is 0 Å². The van der Waals surface area contributed by atoms with Crippen molar-refractivity contribution in [2.75, 3.05) is 11.9 Å². The topological polar surface area (TPSA) is 84.0 Å². The van der Waals surface area contributed by atoms with E-state index in [-0.39, 0.29) is 18.2 Å². The molecule has 2 aromatic rings. The third kappa shape index (κ3) is 3.54. The molecule has 6 nitrogen and oxygen atoms in total. The first-order valence-corrected chi connectivity index (χ1v) is 9.23. The van der Waals surface area contributed by atoms with Gasteiger partial charge in [0, 0.05) is 36.5 Å². The molecule has 1 atom stereocenters. The molecular formula is C20H21FN4O2. The molecule has 140 valence electrons. The van der Waals surface area contributed by atoms with Crippen molar-refractivity contribution in [3.63, 3.8) is 0 Å². The quantitative estimate of drug-likeness (QED) is 0.867. The molecule has 4 rings (SSSR count). The minimum atomic E-state index is -0.688. The molecule has 0 fully saturated rings. The van der Waals surface area contributed by atoms with E-state index in [0.29, 0.717) is 24.2 Å². The lowest BCUT2D eigenvalue weighted by molar-refractivity contribution is -0.126. The Morgan fingerprint density at radius 1 is 1.33 bits per heavy atom. The van der Waals surface area contributed by atoms with Crippen molar-refractivity contribution >= 4 is 17.5 Å². The zero-order valence-electron chi connectivity index (χ0n) is 15.1. The number of amides is 2. The highest BCUT2D eigenvalue weighted by Crippen LogP contribution is 2.32. The van der Waals surface area contributed by atoms with Gasteiger partial charge in [0.1, 0.15) is 11.6 Å². The van der Waals surface area contributed by atoms with Crippen LogP contribution in [0.4, 0.5) is 10.1 Å². The fourth-order valence-corrected chi connectivity index (χ4v) is 3.88. The second kappa shape index (κ2) is 7.06. The number of nitrogens with one attached hydrogen (secondary N) is 2. The number of carbonyl (C=O) groups is 2. The molecular weight excluding hydrogens is 347 g/mol. The molecule has 2 aliphatic rings. The third-order valence-electron chi connectivity index (χ3n) is 5.20.